The minimum Gasteiger partial charge on any atom is -0.462 e. The zero-order valence-corrected chi connectivity index (χ0v) is 17.6. The Morgan fingerprint density at radius 1 is 0.933 bits per heavy atom. The molecule has 0 unspecified atom stereocenters. The van der Waals surface area contributed by atoms with Crippen LogP contribution >= 0.6 is 0 Å². The van der Waals surface area contributed by atoms with Crippen LogP contribution in [0, 0.1) is 6.92 Å². The largest absolute Gasteiger partial charge is 0.462 e. The van der Waals surface area contributed by atoms with Crippen LogP contribution in [0.15, 0.2) is 48.5 Å². The van der Waals surface area contributed by atoms with E-state index in [1.54, 1.807) is 25.1 Å². The first-order chi connectivity index (χ1) is 14.5. The van der Waals surface area contributed by atoms with Crippen molar-refractivity contribution in [1.29, 1.82) is 0 Å². The lowest BCUT2D eigenvalue weighted by atomic mass is 10.1. The second-order valence-corrected chi connectivity index (χ2v) is 7.04. The first kappa shape index (κ1) is 21.3. The van der Waals surface area contributed by atoms with Gasteiger partial charge in [-0.25, -0.2) is 14.6 Å². The van der Waals surface area contributed by atoms with Gasteiger partial charge in [0, 0.05) is 24.7 Å². The number of aryl methyl sites for hydroxylation is 1. The van der Waals surface area contributed by atoms with Crippen molar-refractivity contribution < 1.29 is 24.0 Å². The molecule has 156 valence electrons. The molecule has 6 heteroatoms. The number of unbranched alkanes of at least 4 members (excludes halogenated alkanes) is 1. The monoisotopic (exact) mass is 407 g/mol. The van der Waals surface area contributed by atoms with Crippen LogP contribution in [0.5, 0.6) is 0 Å². The molecule has 0 aliphatic carbocycles. The average Bonchev–Trinajstić information content (AvgIpc) is 2.74. The van der Waals surface area contributed by atoms with Gasteiger partial charge in [-0.05, 0) is 49.7 Å². The van der Waals surface area contributed by atoms with Crippen molar-refractivity contribution in [1.82, 2.24) is 0 Å². The third-order valence-electron chi connectivity index (χ3n) is 4.64. The minimum atomic E-state index is -0.350. The van der Waals surface area contributed by atoms with E-state index in [4.69, 9.17) is 9.47 Å². The fraction of sp³-hybridized carbons (Fsp3) is 0.292. The molecule has 0 aliphatic rings. The van der Waals surface area contributed by atoms with Gasteiger partial charge in [-0.15, -0.1) is 0 Å². The van der Waals surface area contributed by atoms with Crippen LogP contribution in [0.25, 0.3) is 10.9 Å². The number of hydrogen-bond acceptors (Lipinski definition) is 5. The van der Waals surface area contributed by atoms with Crippen molar-refractivity contribution in [3.63, 3.8) is 0 Å². The summed E-state index contributed by atoms with van der Waals surface area (Å²) in [4.78, 5) is 27.5. The summed E-state index contributed by atoms with van der Waals surface area (Å²) >= 11 is 0. The molecule has 3 aromatic rings. The molecule has 0 atom stereocenters. The summed E-state index contributed by atoms with van der Waals surface area (Å²) in [6, 6.07) is 14.6. The number of H-pyrrole nitrogens is 1. The quantitative estimate of drug-likeness (QED) is 0.427. The Hall–Kier alpha value is -3.41. The maximum absolute atomic E-state index is 12.1. The summed E-state index contributed by atoms with van der Waals surface area (Å²) in [5.41, 5.74) is 4.57. The van der Waals surface area contributed by atoms with Gasteiger partial charge >= 0.3 is 11.9 Å². The van der Waals surface area contributed by atoms with Gasteiger partial charge in [0.2, 0.25) is 5.52 Å². The van der Waals surface area contributed by atoms with Gasteiger partial charge in [-0.3, -0.25) is 0 Å². The van der Waals surface area contributed by atoms with Crippen LogP contribution in [-0.4, -0.2) is 25.2 Å². The van der Waals surface area contributed by atoms with Crippen molar-refractivity contribution in [3.8, 4) is 0 Å². The number of aromatic amines is 1. The van der Waals surface area contributed by atoms with Gasteiger partial charge in [0.25, 0.3) is 0 Å². The molecule has 30 heavy (non-hydrogen) atoms. The van der Waals surface area contributed by atoms with Gasteiger partial charge in [0.05, 0.1) is 35.4 Å². The number of hydrogen-bond donors (Lipinski definition) is 1. The number of ether oxygens (including phenoxy) is 2. The molecular formula is C24H27N2O4+. The van der Waals surface area contributed by atoms with E-state index in [0.29, 0.717) is 24.3 Å². The fourth-order valence-corrected chi connectivity index (χ4v) is 3.10. The second-order valence-electron chi connectivity index (χ2n) is 7.04. The topological polar surface area (TPSA) is 78.8 Å². The molecule has 3 rings (SSSR count). The Balaban J connectivity index is 1.84. The Morgan fingerprint density at radius 2 is 1.63 bits per heavy atom. The number of rotatable bonds is 8. The predicted octanol–water partition coefficient (Wildman–Crippen LogP) is 4.84. The standard InChI is InChI=1S/C24H26N2O4/c1-4-6-13-30-23(27)17-7-10-19(11-8-17)26-22-14-16(3)25-21-12-9-18(15-20(21)22)24(28)29-5-2/h7-12,14-15H,4-6,13H2,1-3H3,(H,25,26)/p+1. The lowest BCUT2D eigenvalue weighted by molar-refractivity contribution is -0.354. The third kappa shape index (κ3) is 5.14. The van der Waals surface area contributed by atoms with Gasteiger partial charge in [0.15, 0.2) is 5.69 Å². The van der Waals surface area contributed by atoms with Gasteiger partial charge in [0.1, 0.15) is 0 Å². The number of fused-ring (bicyclic) bond motifs is 1. The zero-order valence-electron chi connectivity index (χ0n) is 17.6. The molecule has 0 spiro atoms. The fourth-order valence-electron chi connectivity index (χ4n) is 3.10. The number of nitrogens with one attached hydrogen (secondary N) is 2. The van der Waals surface area contributed by atoms with Crippen LogP contribution in [0.4, 0.5) is 11.4 Å². The summed E-state index contributed by atoms with van der Waals surface area (Å²) in [6.07, 6.45) is 1.84. The maximum Gasteiger partial charge on any atom is 0.338 e. The summed E-state index contributed by atoms with van der Waals surface area (Å²) in [7, 11) is 0. The molecule has 1 heterocycles. The highest BCUT2D eigenvalue weighted by molar-refractivity contribution is 5.98. The number of anilines is 2. The van der Waals surface area contributed by atoms with E-state index in [-0.39, 0.29) is 11.9 Å². The van der Waals surface area contributed by atoms with Crippen LogP contribution in [0.3, 0.4) is 0 Å². The Bertz CT molecular complexity index is 1050. The van der Waals surface area contributed by atoms with Crippen molar-refractivity contribution in [3.05, 3.63) is 65.4 Å². The molecule has 0 saturated carbocycles. The third-order valence-corrected chi connectivity index (χ3v) is 4.64. The lowest BCUT2D eigenvalue weighted by Crippen LogP contribution is -2.11. The number of benzene rings is 2. The molecule has 0 bridgehead atoms. The van der Waals surface area contributed by atoms with Crippen LogP contribution in [-0.2, 0) is 9.47 Å². The SMILES string of the molecule is CCCCOC(=O)c1ccc(Nc2cc(C)[nH+]c3ccc(C(=O)OCC)cc23)cc1. The molecule has 0 aliphatic heterocycles. The van der Waals surface area contributed by atoms with Crippen molar-refractivity contribution >= 4 is 34.2 Å². The van der Waals surface area contributed by atoms with Crippen molar-refractivity contribution in [2.24, 2.45) is 0 Å². The van der Waals surface area contributed by atoms with Gasteiger partial charge in [-0.1, -0.05) is 13.3 Å². The predicted molar refractivity (Wildman–Crippen MR) is 116 cm³/mol. The molecule has 0 amide bonds. The Kier molecular flexibility index (Phi) is 7.01. The highest BCUT2D eigenvalue weighted by Gasteiger charge is 2.14. The lowest BCUT2D eigenvalue weighted by Gasteiger charge is -2.10. The average molecular weight is 407 g/mol. The maximum atomic E-state index is 12.1. The highest BCUT2D eigenvalue weighted by atomic mass is 16.5. The first-order valence-electron chi connectivity index (χ1n) is 10.2. The number of carbonyl (C=O) groups excluding carboxylic acids is 2. The Labute approximate surface area is 176 Å². The molecule has 6 nitrogen and oxygen atoms in total. The minimum absolute atomic E-state index is 0.315. The van der Waals surface area contributed by atoms with E-state index in [0.717, 1.165) is 40.8 Å². The normalized spacial score (nSPS) is 10.6. The van der Waals surface area contributed by atoms with E-state index in [2.05, 4.69) is 17.2 Å². The number of carbonyl (C=O) groups is 2. The first-order valence-corrected chi connectivity index (χ1v) is 10.2. The van der Waals surface area contributed by atoms with E-state index < -0.39 is 0 Å². The van der Waals surface area contributed by atoms with E-state index in [9.17, 15) is 9.59 Å². The molecule has 0 saturated heterocycles. The molecule has 0 radical (unpaired) electrons. The second kappa shape index (κ2) is 9.87. The van der Waals surface area contributed by atoms with E-state index in [1.165, 1.54) is 0 Å². The van der Waals surface area contributed by atoms with Crippen molar-refractivity contribution in [2.45, 2.75) is 33.6 Å². The Morgan fingerprint density at radius 3 is 2.33 bits per heavy atom. The van der Waals surface area contributed by atoms with Crippen LogP contribution in [0.2, 0.25) is 0 Å². The number of pyridine rings is 1. The highest BCUT2D eigenvalue weighted by Crippen LogP contribution is 2.26. The number of aromatic nitrogens is 1. The summed E-state index contributed by atoms with van der Waals surface area (Å²) in [5.74, 6) is -0.665. The molecule has 0 fully saturated rings. The summed E-state index contributed by atoms with van der Waals surface area (Å²) < 4.78 is 10.4. The molecule has 1 aromatic heterocycles. The summed E-state index contributed by atoms with van der Waals surface area (Å²) in [6.45, 7) is 6.57. The molecular weight excluding hydrogens is 380 g/mol. The van der Waals surface area contributed by atoms with E-state index in [1.807, 2.05) is 37.3 Å². The van der Waals surface area contributed by atoms with Crippen molar-refractivity contribution in [2.75, 3.05) is 18.5 Å². The zero-order chi connectivity index (χ0) is 21.5. The molecule has 2 aromatic carbocycles. The van der Waals surface area contributed by atoms with Gasteiger partial charge < -0.3 is 14.8 Å². The smallest absolute Gasteiger partial charge is 0.338 e. The van der Waals surface area contributed by atoms with Crippen LogP contribution < -0.4 is 10.3 Å². The van der Waals surface area contributed by atoms with Crippen LogP contribution in [0.1, 0.15) is 53.1 Å². The molecule has 2 N–H and O–H groups in total. The van der Waals surface area contributed by atoms with E-state index >= 15 is 0 Å². The number of esters is 2. The van der Waals surface area contributed by atoms with Gasteiger partial charge in [-0.2, -0.15) is 0 Å². The summed E-state index contributed by atoms with van der Waals surface area (Å²) in [5, 5.41) is 4.25.